The molecule has 0 aliphatic heterocycles. The third-order valence-corrected chi connectivity index (χ3v) is 4.45. The maximum absolute atomic E-state index is 12.3. The van der Waals surface area contributed by atoms with Crippen LogP contribution in [0.1, 0.15) is 24.2 Å². The van der Waals surface area contributed by atoms with Gasteiger partial charge in [0.2, 0.25) is 0 Å². The van der Waals surface area contributed by atoms with Crippen LogP contribution < -0.4 is 5.56 Å². The highest BCUT2D eigenvalue weighted by atomic mass is 35.5. The number of imidazole rings is 1. The van der Waals surface area contributed by atoms with E-state index in [0.29, 0.717) is 5.52 Å². The van der Waals surface area contributed by atoms with Gasteiger partial charge in [-0.3, -0.25) is 4.79 Å². The first kappa shape index (κ1) is 17.6. The van der Waals surface area contributed by atoms with E-state index >= 15 is 0 Å². The molecule has 2 heterocycles. The van der Waals surface area contributed by atoms with Gasteiger partial charge in [-0.1, -0.05) is 23.7 Å². The van der Waals surface area contributed by atoms with Crippen molar-refractivity contribution >= 4 is 28.5 Å². The molecule has 1 aromatic carbocycles. The number of fused-ring (bicyclic) bond motifs is 1. The minimum atomic E-state index is -1.22. The van der Waals surface area contributed by atoms with Crippen LogP contribution in [0.15, 0.2) is 29.1 Å². The number of aromatic nitrogens is 4. The summed E-state index contributed by atoms with van der Waals surface area (Å²) in [4.78, 5) is 27.5. The molecule has 1 atom stereocenters. The van der Waals surface area contributed by atoms with Crippen molar-refractivity contribution in [1.29, 1.82) is 5.26 Å². The summed E-state index contributed by atoms with van der Waals surface area (Å²) in [5.41, 5.74) is 0.441. The van der Waals surface area contributed by atoms with Crippen molar-refractivity contribution in [3.05, 3.63) is 61.1 Å². The largest absolute Gasteiger partial charge is 0.395 e. The number of rotatable bonds is 4. The summed E-state index contributed by atoms with van der Waals surface area (Å²) in [5, 5.41) is 24.6. The van der Waals surface area contributed by atoms with Crippen LogP contribution in [0.2, 0.25) is 5.02 Å². The highest BCUT2D eigenvalue weighted by molar-refractivity contribution is 6.31. The summed E-state index contributed by atoms with van der Waals surface area (Å²) in [5.74, 6) is -1.60. The van der Waals surface area contributed by atoms with Crippen molar-refractivity contribution in [3.63, 3.8) is 0 Å². The maximum Gasteiger partial charge on any atom is 0.395 e. The standard InChI is InChI=1S/C16H13ClN6O3/c1-3-22-16(24)13(17)12(15(20-22)23(25)26)9(8-18)14-19-10-6-4-5-7-11(10)21(14)2/h4-7,9H,3H2,1-2H3/t9-/m1/s1. The van der Waals surface area contributed by atoms with Crippen molar-refractivity contribution in [3.8, 4) is 6.07 Å². The number of nitriles is 1. The molecule has 2 aromatic heterocycles. The number of para-hydroxylation sites is 2. The van der Waals surface area contributed by atoms with E-state index in [-0.39, 0.29) is 17.9 Å². The molecule has 0 N–H and O–H groups in total. The van der Waals surface area contributed by atoms with Gasteiger partial charge in [0.25, 0.3) is 0 Å². The average molecular weight is 373 g/mol. The Morgan fingerprint density at radius 2 is 2.12 bits per heavy atom. The first-order valence-electron chi connectivity index (χ1n) is 7.66. The summed E-state index contributed by atoms with van der Waals surface area (Å²) in [6.45, 7) is 1.73. The molecule has 0 aliphatic rings. The average Bonchev–Trinajstić information content (AvgIpc) is 2.96. The van der Waals surface area contributed by atoms with Gasteiger partial charge in [0.05, 0.1) is 28.7 Å². The first-order valence-corrected chi connectivity index (χ1v) is 8.04. The van der Waals surface area contributed by atoms with Crippen LogP contribution in [-0.4, -0.2) is 24.3 Å². The number of hydrogen-bond donors (Lipinski definition) is 0. The van der Waals surface area contributed by atoms with Crippen LogP contribution in [0.25, 0.3) is 11.0 Å². The first-order chi connectivity index (χ1) is 12.4. The van der Waals surface area contributed by atoms with E-state index < -0.39 is 27.2 Å². The van der Waals surface area contributed by atoms with E-state index in [1.54, 1.807) is 30.7 Å². The Balaban J connectivity index is 2.34. The van der Waals surface area contributed by atoms with E-state index in [1.165, 1.54) is 0 Å². The molecule has 0 saturated carbocycles. The Morgan fingerprint density at radius 3 is 2.69 bits per heavy atom. The second-order valence-electron chi connectivity index (χ2n) is 5.51. The van der Waals surface area contributed by atoms with E-state index in [2.05, 4.69) is 10.1 Å². The highest BCUT2D eigenvalue weighted by Crippen LogP contribution is 2.34. The highest BCUT2D eigenvalue weighted by Gasteiger charge is 2.34. The molecule has 10 heteroatoms. The van der Waals surface area contributed by atoms with Crippen LogP contribution in [0.4, 0.5) is 5.82 Å². The van der Waals surface area contributed by atoms with Gasteiger partial charge in [0.1, 0.15) is 22.3 Å². The number of hydrogen-bond acceptors (Lipinski definition) is 6. The maximum atomic E-state index is 12.3. The second kappa shape index (κ2) is 6.57. The molecular formula is C16H13ClN6O3. The van der Waals surface area contributed by atoms with E-state index in [9.17, 15) is 20.2 Å². The molecule has 0 fully saturated rings. The summed E-state index contributed by atoms with van der Waals surface area (Å²) < 4.78 is 2.54. The van der Waals surface area contributed by atoms with Crippen LogP contribution in [0.5, 0.6) is 0 Å². The molecule has 3 rings (SSSR count). The fourth-order valence-corrected chi connectivity index (χ4v) is 3.11. The van der Waals surface area contributed by atoms with Crippen molar-refractivity contribution in [1.82, 2.24) is 19.3 Å². The van der Waals surface area contributed by atoms with Gasteiger partial charge in [-0.15, -0.1) is 4.68 Å². The van der Waals surface area contributed by atoms with Gasteiger partial charge in [-0.05, 0) is 24.0 Å². The lowest BCUT2D eigenvalue weighted by Gasteiger charge is -2.12. The minimum Gasteiger partial charge on any atom is -0.358 e. The molecule has 0 aliphatic carbocycles. The number of aryl methyl sites for hydroxylation is 2. The van der Waals surface area contributed by atoms with Gasteiger partial charge in [0, 0.05) is 7.05 Å². The normalized spacial score (nSPS) is 12.1. The predicted molar refractivity (Wildman–Crippen MR) is 94.0 cm³/mol. The second-order valence-corrected chi connectivity index (χ2v) is 5.89. The number of nitrogens with zero attached hydrogens (tertiary/aromatic N) is 6. The van der Waals surface area contributed by atoms with Crippen molar-refractivity contribution in [2.24, 2.45) is 7.05 Å². The molecule has 9 nitrogen and oxygen atoms in total. The lowest BCUT2D eigenvalue weighted by atomic mass is 10.0. The molecule has 0 unspecified atom stereocenters. The Hall–Kier alpha value is -3.25. The van der Waals surface area contributed by atoms with Crippen LogP contribution in [-0.2, 0) is 13.6 Å². The molecule has 0 amide bonds. The van der Waals surface area contributed by atoms with E-state index in [4.69, 9.17) is 11.6 Å². The zero-order chi connectivity index (χ0) is 19.0. The van der Waals surface area contributed by atoms with E-state index in [0.717, 1.165) is 10.2 Å². The van der Waals surface area contributed by atoms with Crippen molar-refractivity contribution in [2.45, 2.75) is 19.4 Å². The van der Waals surface area contributed by atoms with Crippen molar-refractivity contribution in [2.75, 3.05) is 0 Å². The van der Waals surface area contributed by atoms with Gasteiger partial charge in [-0.2, -0.15) is 5.26 Å². The van der Waals surface area contributed by atoms with Crippen LogP contribution in [0, 0.1) is 21.4 Å². The molecule has 132 valence electrons. The molecule has 0 saturated heterocycles. The minimum absolute atomic E-state index is 0.114. The quantitative estimate of drug-likeness (QED) is 0.512. The Labute approximate surface area is 152 Å². The van der Waals surface area contributed by atoms with Gasteiger partial charge in [0.15, 0.2) is 0 Å². The zero-order valence-electron chi connectivity index (χ0n) is 13.9. The monoisotopic (exact) mass is 372 g/mol. The van der Waals surface area contributed by atoms with Crippen LogP contribution >= 0.6 is 11.6 Å². The van der Waals surface area contributed by atoms with Gasteiger partial charge >= 0.3 is 11.4 Å². The Kier molecular flexibility index (Phi) is 4.44. The topological polar surface area (TPSA) is 120 Å². The summed E-state index contributed by atoms with van der Waals surface area (Å²) in [6, 6.07) is 9.15. The third kappa shape index (κ3) is 2.60. The van der Waals surface area contributed by atoms with Crippen molar-refractivity contribution < 1.29 is 4.92 Å². The Morgan fingerprint density at radius 1 is 1.42 bits per heavy atom. The molecular weight excluding hydrogens is 360 g/mol. The lowest BCUT2D eigenvalue weighted by molar-refractivity contribution is -0.391. The van der Waals surface area contributed by atoms with Crippen LogP contribution in [0.3, 0.4) is 0 Å². The van der Waals surface area contributed by atoms with Gasteiger partial charge < -0.3 is 14.7 Å². The van der Waals surface area contributed by atoms with Gasteiger partial charge in [-0.25, -0.2) is 4.98 Å². The fourth-order valence-electron chi connectivity index (χ4n) is 2.82. The SMILES string of the molecule is CCn1nc([N+](=O)[O-])c([C@@H](C#N)c2nc3ccccc3n2C)c(Cl)c1=O. The smallest absolute Gasteiger partial charge is 0.358 e. The summed E-state index contributed by atoms with van der Waals surface area (Å²) in [7, 11) is 1.69. The number of halogens is 1. The Bertz CT molecular complexity index is 1130. The third-order valence-electron chi connectivity index (χ3n) is 4.09. The molecule has 0 spiro atoms. The lowest BCUT2D eigenvalue weighted by Crippen LogP contribution is -2.26. The molecule has 0 radical (unpaired) electrons. The molecule has 26 heavy (non-hydrogen) atoms. The summed E-state index contributed by atoms with van der Waals surface area (Å²) >= 11 is 6.13. The van der Waals surface area contributed by atoms with E-state index in [1.807, 2.05) is 18.2 Å². The fraction of sp³-hybridized carbons (Fsp3) is 0.250. The molecule has 3 aromatic rings. The number of nitro groups is 1. The predicted octanol–water partition coefficient (Wildman–Crippen LogP) is 2.37. The number of benzene rings is 1. The zero-order valence-corrected chi connectivity index (χ0v) is 14.6. The summed E-state index contributed by atoms with van der Waals surface area (Å²) in [6.07, 6.45) is 0. The molecule has 0 bridgehead atoms.